The molecule has 2 N–H and O–H groups in total. The van der Waals surface area contributed by atoms with Crippen LogP contribution in [0.5, 0.6) is 11.5 Å². The molecule has 1 aromatic heterocycles. The molecule has 0 saturated heterocycles. The van der Waals surface area contributed by atoms with Gasteiger partial charge in [-0.2, -0.15) is 0 Å². The quantitative estimate of drug-likeness (QED) is 0.667. The summed E-state index contributed by atoms with van der Waals surface area (Å²) in [6.45, 7) is 1.81. The van der Waals surface area contributed by atoms with Gasteiger partial charge in [-0.25, -0.2) is 4.98 Å². The highest BCUT2D eigenvalue weighted by Gasteiger charge is 2.10. The van der Waals surface area contributed by atoms with E-state index in [-0.39, 0.29) is 11.3 Å². The second-order valence-corrected chi connectivity index (χ2v) is 5.12. The molecule has 2 aromatic rings. The van der Waals surface area contributed by atoms with Crippen LogP contribution in [0.2, 0.25) is 0 Å². The minimum Gasteiger partial charge on any atom is -0.504 e. The summed E-state index contributed by atoms with van der Waals surface area (Å²) in [7, 11) is 1.49. The van der Waals surface area contributed by atoms with Gasteiger partial charge in [-0.3, -0.25) is 4.79 Å². The van der Waals surface area contributed by atoms with Gasteiger partial charge < -0.3 is 14.8 Å². The molecule has 6 heteroatoms. The Hall–Kier alpha value is -1.95. The molecule has 20 heavy (non-hydrogen) atoms. The molecule has 0 atom stereocenters. The van der Waals surface area contributed by atoms with Crippen LogP contribution in [0.15, 0.2) is 28.2 Å². The standard InChI is InChI=1S/C14H16N2O3S/c1-8-10(13(18)16-14(15-8)20-3)6-9-4-5-12(19-2)11(17)7-9/h4-5,7,17H,6H2,1-3H3,(H,15,16,18). The summed E-state index contributed by atoms with van der Waals surface area (Å²) in [5.74, 6) is 0.475. The van der Waals surface area contributed by atoms with E-state index >= 15 is 0 Å². The number of thioether (sulfide) groups is 1. The van der Waals surface area contributed by atoms with Gasteiger partial charge in [-0.05, 0) is 30.9 Å². The van der Waals surface area contributed by atoms with Crippen molar-refractivity contribution in [2.24, 2.45) is 0 Å². The van der Waals surface area contributed by atoms with Crippen LogP contribution in [0.1, 0.15) is 16.8 Å². The second-order valence-electron chi connectivity index (χ2n) is 4.32. The molecule has 0 amide bonds. The van der Waals surface area contributed by atoms with Crippen molar-refractivity contribution in [1.29, 1.82) is 0 Å². The van der Waals surface area contributed by atoms with Gasteiger partial charge in [0.05, 0.1) is 7.11 Å². The molecule has 0 fully saturated rings. The molecule has 0 aliphatic heterocycles. The number of hydrogen-bond acceptors (Lipinski definition) is 5. The molecular weight excluding hydrogens is 276 g/mol. The SMILES string of the molecule is COc1ccc(Cc2c(C)nc(SC)[nH]c2=O)cc1O. The average molecular weight is 292 g/mol. The van der Waals surface area contributed by atoms with Crippen LogP contribution in [0.4, 0.5) is 0 Å². The Kier molecular flexibility index (Phi) is 4.34. The van der Waals surface area contributed by atoms with E-state index in [0.717, 1.165) is 5.56 Å². The van der Waals surface area contributed by atoms with Gasteiger partial charge in [0.1, 0.15) is 0 Å². The van der Waals surface area contributed by atoms with Crippen LogP contribution < -0.4 is 10.3 Å². The molecule has 1 aromatic carbocycles. The summed E-state index contributed by atoms with van der Waals surface area (Å²) in [6, 6.07) is 5.10. The van der Waals surface area contributed by atoms with Gasteiger partial charge in [0.15, 0.2) is 16.7 Å². The summed E-state index contributed by atoms with van der Waals surface area (Å²) in [6.07, 6.45) is 2.28. The molecule has 0 aliphatic carbocycles. The first-order valence-corrected chi connectivity index (χ1v) is 7.27. The van der Waals surface area contributed by atoms with Crippen molar-refractivity contribution in [2.75, 3.05) is 13.4 Å². The Bertz CT molecular complexity index is 683. The number of phenols is 1. The Morgan fingerprint density at radius 2 is 2.20 bits per heavy atom. The molecule has 0 unspecified atom stereocenters. The number of methoxy groups -OCH3 is 1. The van der Waals surface area contributed by atoms with Crippen molar-refractivity contribution in [2.45, 2.75) is 18.5 Å². The fourth-order valence-electron chi connectivity index (χ4n) is 1.94. The van der Waals surface area contributed by atoms with Gasteiger partial charge in [-0.1, -0.05) is 17.8 Å². The maximum atomic E-state index is 12.0. The Morgan fingerprint density at radius 1 is 1.45 bits per heavy atom. The highest BCUT2D eigenvalue weighted by Crippen LogP contribution is 2.27. The predicted molar refractivity (Wildman–Crippen MR) is 78.8 cm³/mol. The number of H-pyrrole nitrogens is 1. The third-order valence-electron chi connectivity index (χ3n) is 3.02. The topological polar surface area (TPSA) is 75.2 Å². The smallest absolute Gasteiger partial charge is 0.255 e. The summed E-state index contributed by atoms with van der Waals surface area (Å²) in [5.41, 5.74) is 1.99. The zero-order valence-electron chi connectivity index (χ0n) is 11.6. The third kappa shape index (κ3) is 2.96. The van der Waals surface area contributed by atoms with E-state index in [1.807, 2.05) is 19.2 Å². The molecule has 2 rings (SSSR count). The van der Waals surface area contributed by atoms with E-state index in [9.17, 15) is 9.90 Å². The molecular formula is C14H16N2O3S. The van der Waals surface area contributed by atoms with Crippen LogP contribution in [-0.4, -0.2) is 28.4 Å². The van der Waals surface area contributed by atoms with E-state index < -0.39 is 0 Å². The Balaban J connectivity index is 2.35. The summed E-state index contributed by atoms with van der Waals surface area (Å²) in [5, 5.41) is 10.4. The number of rotatable bonds is 4. The van der Waals surface area contributed by atoms with E-state index in [1.54, 1.807) is 12.1 Å². The third-order valence-corrected chi connectivity index (χ3v) is 3.60. The van der Waals surface area contributed by atoms with Crippen LogP contribution in [-0.2, 0) is 6.42 Å². The number of aromatic hydroxyl groups is 1. The molecule has 106 valence electrons. The number of benzene rings is 1. The van der Waals surface area contributed by atoms with Crippen molar-refractivity contribution < 1.29 is 9.84 Å². The van der Waals surface area contributed by atoms with Crippen molar-refractivity contribution in [3.05, 3.63) is 45.4 Å². The molecule has 0 spiro atoms. The fourth-order valence-corrected chi connectivity index (χ4v) is 2.36. The highest BCUT2D eigenvalue weighted by atomic mass is 32.2. The number of phenolic OH excluding ortho intramolecular Hbond substituents is 1. The highest BCUT2D eigenvalue weighted by molar-refractivity contribution is 7.98. The van der Waals surface area contributed by atoms with Crippen molar-refractivity contribution in [3.8, 4) is 11.5 Å². The number of hydrogen-bond donors (Lipinski definition) is 2. The maximum Gasteiger partial charge on any atom is 0.255 e. The van der Waals surface area contributed by atoms with Gasteiger partial charge in [-0.15, -0.1) is 0 Å². The number of aryl methyl sites for hydroxylation is 1. The van der Waals surface area contributed by atoms with Gasteiger partial charge in [0.25, 0.3) is 5.56 Å². The fraction of sp³-hybridized carbons (Fsp3) is 0.286. The lowest BCUT2D eigenvalue weighted by Crippen LogP contribution is -2.17. The Morgan fingerprint density at radius 3 is 2.75 bits per heavy atom. The molecule has 0 saturated carbocycles. The lowest BCUT2D eigenvalue weighted by molar-refractivity contribution is 0.373. The molecule has 0 bridgehead atoms. The monoisotopic (exact) mass is 292 g/mol. The van der Waals surface area contributed by atoms with Crippen molar-refractivity contribution in [3.63, 3.8) is 0 Å². The van der Waals surface area contributed by atoms with Gasteiger partial charge in [0, 0.05) is 17.7 Å². The average Bonchev–Trinajstić information content (AvgIpc) is 2.42. The first kappa shape index (κ1) is 14.5. The van der Waals surface area contributed by atoms with Gasteiger partial charge >= 0.3 is 0 Å². The van der Waals surface area contributed by atoms with E-state index in [0.29, 0.717) is 28.6 Å². The minimum atomic E-state index is -0.142. The summed E-state index contributed by atoms with van der Waals surface area (Å²) >= 11 is 1.40. The molecule has 0 radical (unpaired) electrons. The molecule has 1 heterocycles. The predicted octanol–water partition coefficient (Wildman–Crippen LogP) is 2.11. The molecule has 0 aliphatic rings. The first-order valence-electron chi connectivity index (χ1n) is 6.04. The number of ether oxygens (including phenoxy) is 1. The van der Waals surface area contributed by atoms with Crippen molar-refractivity contribution >= 4 is 11.8 Å². The van der Waals surface area contributed by atoms with Crippen LogP contribution in [0.25, 0.3) is 0 Å². The zero-order valence-corrected chi connectivity index (χ0v) is 12.4. The van der Waals surface area contributed by atoms with E-state index in [1.165, 1.54) is 18.9 Å². The second kappa shape index (κ2) is 6.00. The van der Waals surface area contributed by atoms with E-state index in [4.69, 9.17) is 4.74 Å². The minimum absolute atomic E-state index is 0.0628. The number of aromatic nitrogens is 2. The summed E-state index contributed by atoms with van der Waals surface area (Å²) < 4.78 is 4.99. The lowest BCUT2D eigenvalue weighted by Gasteiger charge is -2.08. The normalized spacial score (nSPS) is 10.6. The van der Waals surface area contributed by atoms with Crippen LogP contribution in [0.3, 0.4) is 0 Å². The van der Waals surface area contributed by atoms with Crippen LogP contribution in [0, 0.1) is 6.92 Å². The number of aromatic amines is 1. The van der Waals surface area contributed by atoms with Crippen LogP contribution >= 0.6 is 11.8 Å². The van der Waals surface area contributed by atoms with Gasteiger partial charge in [0.2, 0.25) is 0 Å². The molecule has 5 nitrogen and oxygen atoms in total. The summed E-state index contributed by atoms with van der Waals surface area (Å²) in [4.78, 5) is 19.1. The lowest BCUT2D eigenvalue weighted by atomic mass is 10.0. The zero-order chi connectivity index (χ0) is 14.7. The number of nitrogens with zero attached hydrogens (tertiary/aromatic N) is 1. The van der Waals surface area contributed by atoms with E-state index in [2.05, 4.69) is 9.97 Å². The maximum absolute atomic E-state index is 12.0. The number of nitrogens with one attached hydrogen (secondary N) is 1. The van der Waals surface area contributed by atoms with Crippen molar-refractivity contribution in [1.82, 2.24) is 9.97 Å². The first-order chi connectivity index (χ1) is 9.55. The largest absolute Gasteiger partial charge is 0.504 e. The Labute approximate surface area is 121 Å².